The Balaban J connectivity index is 1.48. The number of sulfonamides is 1. The SMILES string of the molecule is Cc1nc2c(Cc3ccc(S(=O)(=O)N(C)[C@H](COC(=O)c4ccc(F)cc4)CC(C)C)cc3)nccc2[nH]1. The zero-order chi connectivity index (χ0) is 27.4. The molecule has 0 spiro atoms. The minimum absolute atomic E-state index is 0.124. The van der Waals surface area contributed by atoms with Gasteiger partial charge >= 0.3 is 5.97 Å². The Hall–Kier alpha value is -3.63. The van der Waals surface area contributed by atoms with E-state index >= 15 is 0 Å². The van der Waals surface area contributed by atoms with E-state index in [1.165, 1.54) is 35.6 Å². The molecule has 0 aliphatic rings. The minimum atomic E-state index is -3.86. The highest BCUT2D eigenvalue weighted by Crippen LogP contribution is 2.23. The van der Waals surface area contributed by atoms with Crippen molar-refractivity contribution < 1.29 is 22.3 Å². The van der Waals surface area contributed by atoms with E-state index in [1.54, 1.807) is 30.5 Å². The number of halogens is 1. The van der Waals surface area contributed by atoms with Crippen molar-refractivity contribution >= 4 is 27.0 Å². The number of ether oxygens (including phenoxy) is 1. The minimum Gasteiger partial charge on any atom is -0.460 e. The van der Waals surface area contributed by atoms with Gasteiger partial charge in [0, 0.05) is 19.7 Å². The monoisotopic (exact) mass is 538 g/mol. The lowest BCUT2D eigenvalue weighted by Crippen LogP contribution is -2.41. The number of aromatic nitrogens is 3. The van der Waals surface area contributed by atoms with Crippen LogP contribution < -0.4 is 0 Å². The summed E-state index contributed by atoms with van der Waals surface area (Å²) in [5.74, 6) is -0.131. The van der Waals surface area contributed by atoms with Gasteiger partial charge in [0.25, 0.3) is 0 Å². The van der Waals surface area contributed by atoms with Crippen molar-refractivity contribution in [2.75, 3.05) is 13.7 Å². The summed E-state index contributed by atoms with van der Waals surface area (Å²) < 4.78 is 46.8. The number of esters is 1. The molecule has 0 aliphatic heterocycles. The number of nitrogens with zero attached hydrogens (tertiary/aromatic N) is 3. The summed E-state index contributed by atoms with van der Waals surface area (Å²) in [6, 6.07) is 13.0. The van der Waals surface area contributed by atoms with Crippen molar-refractivity contribution in [1.29, 1.82) is 0 Å². The predicted molar refractivity (Wildman–Crippen MR) is 143 cm³/mol. The highest BCUT2D eigenvalue weighted by molar-refractivity contribution is 7.89. The van der Waals surface area contributed by atoms with Crippen molar-refractivity contribution in [3.05, 3.63) is 89.3 Å². The number of hydrogen-bond donors (Lipinski definition) is 1. The topological polar surface area (TPSA) is 105 Å². The number of likely N-dealkylation sites (N-methyl/N-ethyl adjacent to an activating group) is 1. The average Bonchev–Trinajstić information content (AvgIpc) is 3.27. The number of aromatic amines is 1. The molecule has 2 aromatic carbocycles. The first kappa shape index (κ1) is 27.4. The number of pyridine rings is 1. The summed E-state index contributed by atoms with van der Waals surface area (Å²) in [6.45, 7) is 5.70. The van der Waals surface area contributed by atoms with E-state index in [9.17, 15) is 17.6 Å². The fourth-order valence-electron chi connectivity index (χ4n) is 4.28. The second-order valence-corrected chi connectivity index (χ2v) is 11.7. The molecular weight excluding hydrogens is 507 g/mol. The van der Waals surface area contributed by atoms with Gasteiger partial charge in [0.05, 0.1) is 27.7 Å². The zero-order valence-electron chi connectivity index (χ0n) is 21.8. The maximum Gasteiger partial charge on any atom is 0.338 e. The first-order valence-electron chi connectivity index (χ1n) is 12.3. The molecule has 200 valence electrons. The molecular formula is C28H31FN4O4S. The Kier molecular flexibility index (Phi) is 8.23. The van der Waals surface area contributed by atoms with E-state index in [0.717, 1.165) is 28.1 Å². The van der Waals surface area contributed by atoms with Gasteiger partial charge in [-0.05, 0) is 67.3 Å². The van der Waals surface area contributed by atoms with Gasteiger partial charge in [-0.15, -0.1) is 0 Å². The summed E-state index contributed by atoms with van der Waals surface area (Å²) in [6.07, 6.45) is 2.72. The Morgan fingerprint density at radius 3 is 2.42 bits per heavy atom. The van der Waals surface area contributed by atoms with E-state index in [4.69, 9.17) is 4.74 Å². The van der Waals surface area contributed by atoms with E-state index < -0.39 is 27.9 Å². The molecule has 2 heterocycles. The lowest BCUT2D eigenvalue weighted by Gasteiger charge is -2.28. The third-order valence-corrected chi connectivity index (χ3v) is 8.24. The molecule has 0 saturated carbocycles. The van der Waals surface area contributed by atoms with Gasteiger partial charge in [0.2, 0.25) is 10.0 Å². The standard InChI is InChI=1S/C28H31FN4O4S/c1-18(2)15-23(17-37-28(34)21-7-9-22(29)10-8-21)33(4)38(35,36)24-11-5-20(6-12-24)16-26-27-25(13-14-30-26)31-19(3)32-27/h5-14,18,23H,15-17H2,1-4H3,(H,31,32)/t23-/m0/s1. The summed E-state index contributed by atoms with van der Waals surface area (Å²) in [5.41, 5.74) is 3.61. The maximum absolute atomic E-state index is 13.5. The maximum atomic E-state index is 13.5. The highest BCUT2D eigenvalue weighted by atomic mass is 32.2. The molecule has 0 unspecified atom stereocenters. The fourth-order valence-corrected chi connectivity index (χ4v) is 5.64. The van der Waals surface area contributed by atoms with E-state index in [0.29, 0.717) is 12.8 Å². The Bertz CT molecular complexity index is 1520. The predicted octanol–water partition coefficient (Wildman–Crippen LogP) is 4.89. The van der Waals surface area contributed by atoms with Gasteiger partial charge in [-0.1, -0.05) is 26.0 Å². The van der Waals surface area contributed by atoms with Crippen LogP contribution in [0.5, 0.6) is 0 Å². The zero-order valence-corrected chi connectivity index (χ0v) is 22.6. The Morgan fingerprint density at radius 2 is 1.76 bits per heavy atom. The first-order valence-corrected chi connectivity index (χ1v) is 13.8. The van der Waals surface area contributed by atoms with Crippen molar-refractivity contribution in [2.45, 2.75) is 44.6 Å². The molecule has 0 saturated heterocycles. The molecule has 0 amide bonds. The number of nitrogens with one attached hydrogen (secondary N) is 1. The van der Waals surface area contributed by atoms with Crippen LogP contribution in [0.15, 0.2) is 65.7 Å². The number of carbonyl (C=O) groups is 1. The number of hydrogen-bond acceptors (Lipinski definition) is 6. The van der Waals surface area contributed by atoms with Crippen LogP contribution in [0.25, 0.3) is 11.0 Å². The quantitative estimate of drug-likeness (QED) is 0.288. The van der Waals surface area contributed by atoms with Crippen LogP contribution >= 0.6 is 0 Å². The number of rotatable bonds is 10. The molecule has 2 aromatic heterocycles. The Morgan fingerprint density at radius 1 is 1.08 bits per heavy atom. The molecule has 1 N–H and O–H groups in total. The number of aryl methyl sites for hydroxylation is 1. The van der Waals surface area contributed by atoms with Gasteiger partial charge in [0.15, 0.2) is 0 Å². The molecule has 4 aromatic rings. The third-order valence-electron chi connectivity index (χ3n) is 6.31. The van der Waals surface area contributed by atoms with Crippen LogP contribution in [0, 0.1) is 18.7 Å². The summed E-state index contributed by atoms with van der Waals surface area (Å²) in [5, 5.41) is 0. The molecule has 0 radical (unpaired) electrons. The number of carbonyl (C=O) groups excluding carboxylic acids is 1. The van der Waals surface area contributed by atoms with Crippen molar-refractivity contribution in [3.63, 3.8) is 0 Å². The van der Waals surface area contributed by atoms with Crippen LogP contribution in [0.3, 0.4) is 0 Å². The third kappa shape index (κ3) is 6.25. The fraction of sp³-hybridized carbons (Fsp3) is 0.321. The van der Waals surface area contributed by atoms with Gasteiger partial charge in [0.1, 0.15) is 23.8 Å². The molecule has 0 bridgehead atoms. The van der Waals surface area contributed by atoms with E-state index in [2.05, 4.69) is 15.0 Å². The van der Waals surface area contributed by atoms with Crippen LogP contribution in [0.1, 0.15) is 47.7 Å². The van der Waals surface area contributed by atoms with Crippen LogP contribution in [-0.4, -0.2) is 53.3 Å². The molecule has 38 heavy (non-hydrogen) atoms. The summed E-state index contributed by atoms with van der Waals surface area (Å²) >= 11 is 0. The second kappa shape index (κ2) is 11.4. The van der Waals surface area contributed by atoms with E-state index in [-0.39, 0.29) is 23.0 Å². The molecule has 0 aliphatic carbocycles. The number of H-pyrrole nitrogens is 1. The number of imidazole rings is 1. The van der Waals surface area contributed by atoms with Gasteiger partial charge in [-0.2, -0.15) is 4.31 Å². The van der Waals surface area contributed by atoms with Crippen LogP contribution in [0.4, 0.5) is 4.39 Å². The Labute approximate surface area is 221 Å². The van der Waals surface area contributed by atoms with Gasteiger partial charge in [-0.3, -0.25) is 4.98 Å². The molecule has 4 rings (SSSR count). The van der Waals surface area contributed by atoms with Gasteiger partial charge < -0.3 is 9.72 Å². The lowest BCUT2D eigenvalue weighted by atomic mass is 10.0. The van der Waals surface area contributed by atoms with Crippen molar-refractivity contribution in [1.82, 2.24) is 19.3 Å². The number of benzene rings is 2. The normalized spacial score (nSPS) is 12.8. The molecule has 0 fully saturated rings. The lowest BCUT2D eigenvalue weighted by molar-refractivity contribution is 0.0415. The van der Waals surface area contributed by atoms with Crippen LogP contribution in [-0.2, 0) is 21.2 Å². The van der Waals surface area contributed by atoms with Crippen LogP contribution in [0.2, 0.25) is 0 Å². The van der Waals surface area contributed by atoms with E-state index in [1.807, 2.05) is 26.8 Å². The summed E-state index contributed by atoms with van der Waals surface area (Å²) in [4.78, 5) is 24.7. The second-order valence-electron chi connectivity index (χ2n) is 9.71. The molecule has 8 nitrogen and oxygen atoms in total. The highest BCUT2D eigenvalue weighted by Gasteiger charge is 2.30. The first-order chi connectivity index (χ1) is 18.0. The van der Waals surface area contributed by atoms with Gasteiger partial charge in [-0.25, -0.2) is 22.6 Å². The molecule has 1 atom stereocenters. The molecule has 10 heteroatoms. The largest absolute Gasteiger partial charge is 0.460 e. The number of fused-ring (bicyclic) bond motifs is 1. The summed E-state index contributed by atoms with van der Waals surface area (Å²) in [7, 11) is -2.37. The van der Waals surface area contributed by atoms with Crippen molar-refractivity contribution in [2.24, 2.45) is 5.92 Å². The smallest absolute Gasteiger partial charge is 0.338 e. The van der Waals surface area contributed by atoms with Crippen molar-refractivity contribution in [3.8, 4) is 0 Å². The average molecular weight is 539 g/mol.